The molecular weight excluding hydrogens is 308 g/mol. The number of hydrazine groups is 1. The maximum Gasteiger partial charge on any atom is 0.430 e. The van der Waals surface area contributed by atoms with Crippen molar-refractivity contribution in [2.45, 2.75) is 58.8 Å². The van der Waals surface area contributed by atoms with Gasteiger partial charge < -0.3 is 14.2 Å². The highest BCUT2D eigenvalue weighted by Crippen LogP contribution is 2.28. The molecule has 9 heteroatoms. The molecule has 23 heavy (non-hydrogen) atoms. The second-order valence-corrected chi connectivity index (χ2v) is 5.64. The van der Waals surface area contributed by atoms with Gasteiger partial charge in [-0.25, -0.2) is 19.8 Å². The largest absolute Gasteiger partial charge is 0.463 e. The Morgan fingerprint density at radius 3 is 2.13 bits per heavy atom. The van der Waals surface area contributed by atoms with Crippen LogP contribution in [-0.2, 0) is 23.8 Å². The second kappa shape index (κ2) is 7.30. The number of ketones is 1. The van der Waals surface area contributed by atoms with Gasteiger partial charge in [-0.15, -0.1) is 0 Å². The van der Waals surface area contributed by atoms with E-state index < -0.39 is 41.7 Å². The van der Waals surface area contributed by atoms with E-state index >= 15 is 0 Å². The Hall–Kier alpha value is -2.32. The van der Waals surface area contributed by atoms with Crippen LogP contribution in [0.5, 0.6) is 0 Å². The summed E-state index contributed by atoms with van der Waals surface area (Å²) in [5.74, 6) is -1.57. The number of hydrogen-bond donors (Lipinski definition) is 1. The lowest BCUT2D eigenvalue weighted by Crippen LogP contribution is -2.66. The molecule has 1 heterocycles. The zero-order valence-electron chi connectivity index (χ0n) is 13.9. The number of cyclic esters (lactones) is 1. The summed E-state index contributed by atoms with van der Waals surface area (Å²) in [6, 6.07) is 0. The van der Waals surface area contributed by atoms with Crippen molar-refractivity contribution < 1.29 is 33.4 Å². The van der Waals surface area contributed by atoms with Gasteiger partial charge in [-0.05, 0) is 34.6 Å². The topological polar surface area (TPSA) is 111 Å². The lowest BCUT2D eigenvalue weighted by molar-refractivity contribution is -0.154. The van der Waals surface area contributed by atoms with Gasteiger partial charge in [0.25, 0.3) is 0 Å². The van der Waals surface area contributed by atoms with E-state index in [-0.39, 0.29) is 13.0 Å². The molecule has 0 unspecified atom stereocenters. The fourth-order valence-electron chi connectivity index (χ4n) is 2.08. The quantitative estimate of drug-likeness (QED) is 0.356. The normalized spacial score (nSPS) is 20.2. The number of nitrogens with one attached hydrogen (secondary N) is 1. The molecular formula is C14H22N2O7. The van der Waals surface area contributed by atoms with Crippen LogP contribution in [0.15, 0.2) is 0 Å². The fraction of sp³-hybridized carbons (Fsp3) is 0.714. The maximum atomic E-state index is 12.3. The van der Waals surface area contributed by atoms with E-state index in [1.807, 2.05) is 0 Å². The first-order valence-electron chi connectivity index (χ1n) is 7.27. The average Bonchev–Trinajstić information content (AvgIpc) is 2.76. The van der Waals surface area contributed by atoms with Crippen molar-refractivity contribution in [1.82, 2.24) is 10.4 Å². The zero-order valence-corrected chi connectivity index (χ0v) is 13.9. The predicted molar refractivity (Wildman–Crippen MR) is 77.2 cm³/mol. The van der Waals surface area contributed by atoms with Gasteiger partial charge in [-0.2, -0.15) is 5.01 Å². The van der Waals surface area contributed by atoms with Crippen LogP contribution in [0.1, 0.15) is 41.0 Å². The van der Waals surface area contributed by atoms with Crippen LogP contribution < -0.4 is 5.43 Å². The van der Waals surface area contributed by atoms with Crippen LogP contribution in [0.3, 0.4) is 0 Å². The van der Waals surface area contributed by atoms with Gasteiger partial charge in [0.1, 0.15) is 0 Å². The minimum absolute atomic E-state index is 0.0508. The van der Waals surface area contributed by atoms with Gasteiger partial charge in [-0.3, -0.25) is 4.79 Å². The second-order valence-electron chi connectivity index (χ2n) is 5.64. The first kappa shape index (κ1) is 18.7. The molecule has 1 aliphatic heterocycles. The number of carbonyl (C=O) groups is 4. The summed E-state index contributed by atoms with van der Waals surface area (Å²) in [6.45, 7) is 7.50. The Labute approximate surface area is 134 Å². The first-order valence-corrected chi connectivity index (χ1v) is 7.27. The minimum Gasteiger partial charge on any atom is -0.463 e. The van der Waals surface area contributed by atoms with Crippen LogP contribution in [-0.4, -0.2) is 53.3 Å². The van der Waals surface area contributed by atoms with Gasteiger partial charge in [0.05, 0.1) is 18.8 Å². The predicted octanol–water partition coefficient (Wildman–Crippen LogP) is 1.16. The van der Waals surface area contributed by atoms with Crippen LogP contribution in [0.25, 0.3) is 0 Å². The van der Waals surface area contributed by atoms with Crippen LogP contribution >= 0.6 is 0 Å². The molecule has 0 aromatic heterocycles. The van der Waals surface area contributed by atoms with Crippen LogP contribution in [0.2, 0.25) is 0 Å². The molecule has 1 aliphatic rings. The summed E-state index contributed by atoms with van der Waals surface area (Å²) in [7, 11) is 0. The standard InChI is InChI=1S/C14H22N2O7/c1-8(2)22-12(19)15-16(13(20)23-9(3)4)14(10(5)17)6-7-21-11(14)18/h8-9H,6-7H2,1-5H3,(H,15,19)/t14-/m0/s1. The molecule has 1 atom stereocenters. The van der Waals surface area contributed by atoms with Crippen molar-refractivity contribution in [3.05, 3.63) is 0 Å². The Bertz CT molecular complexity index is 503. The van der Waals surface area contributed by atoms with Crippen molar-refractivity contribution in [1.29, 1.82) is 0 Å². The molecule has 0 aromatic rings. The molecule has 0 radical (unpaired) electrons. The lowest BCUT2D eigenvalue weighted by Gasteiger charge is -2.34. The smallest absolute Gasteiger partial charge is 0.430 e. The summed E-state index contributed by atoms with van der Waals surface area (Å²) in [4.78, 5) is 48.3. The molecule has 1 N–H and O–H groups in total. The Morgan fingerprint density at radius 1 is 1.17 bits per heavy atom. The molecule has 0 saturated carbocycles. The van der Waals surface area contributed by atoms with Crippen molar-refractivity contribution in [3.63, 3.8) is 0 Å². The Balaban J connectivity index is 3.16. The number of esters is 1. The molecule has 1 rings (SSSR count). The summed E-state index contributed by atoms with van der Waals surface area (Å²) >= 11 is 0. The van der Waals surface area contributed by atoms with Gasteiger partial charge in [-0.1, -0.05) is 0 Å². The number of carbonyl (C=O) groups excluding carboxylic acids is 4. The molecule has 0 spiro atoms. The molecule has 0 aromatic carbocycles. The average molecular weight is 330 g/mol. The van der Waals surface area contributed by atoms with E-state index in [9.17, 15) is 19.2 Å². The first-order chi connectivity index (χ1) is 10.6. The zero-order chi connectivity index (χ0) is 17.8. The van der Waals surface area contributed by atoms with E-state index in [0.29, 0.717) is 5.01 Å². The number of Topliss-reactive ketones (excluding diaryl/α,β-unsaturated/α-hetero) is 1. The third-order valence-electron chi connectivity index (χ3n) is 3.06. The molecule has 130 valence electrons. The monoisotopic (exact) mass is 330 g/mol. The Kier molecular flexibility index (Phi) is 5.94. The van der Waals surface area contributed by atoms with Gasteiger partial charge in [0, 0.05) is 6.42 Å². The number of hydrogen-bond acceptors (Lipinski definition) is 7. The summed E-state index contributed by atoms with van der Waals surface area (Å²) in [5, 5.41) is 0.565. The van der Waals surface area contributed by atoms with Gasteiger partial charge >= 0.3 is 18.2 Å². The van der Waals surface area contributed by atoms with Gasteiger partial charge in [0.2, 0.25) is 5.54 Å². The highest BCUT2D eigenvalue weighted by Gasteiger charge is 2.57. The third-order valence-corrected chi connectivity index (χ3v) is 3.06. The SMILES string of the molecule is CC(=O)[C@@]1(N(NC(=O)OC(C)C)C(=O)OC(C)C)CCOC1=O. The van der Waals surface area contributed by atoms with Crippen LogP contribution in [0.4, 0.5) is 9.59 Å². The number of rotatable bonds is 4. The van der Waals surface area contributed by atoms with Crippen molar-refractivity contribution in [2.24, 2.45) is 0 Å². The highest BCUT2D eigenvalue weighted by molar-refractivity contribution is 6.10. The van der Waals surface area contributed by atoms with Crippen molar-refractivity contribution >= 4 is 23.9 Å². The van der Waals surface area contributed by atoms with E-state index in [2.05, 4.69) is 5.43 Å². The molecule has 2 amide bonds. The maximum absolute atomic E-state index is 12.3. The van der Waals surface area contributed by atoms with E-state index in [1.54, 1.807) is 27.7 Å². The minimum atomic E-state index is -1.96. The fourth-order valence-corrected chi connectivity index (χ4v) is 2.08. The summed E-state index contributed by atoms with van der Waals surface area (Å²) in [5.41, 5.74) is 0.168. The molecule has 0 bridgehead atoms. The molecule has 1 saturated heterocycles. The van der Waals surface area contributed by atoms with Crippen molar-refractivity contribution in [3.8, 4) is 0 Å². The molecule has 9 nitrogen and oxygen atoms in total. The third kappa shape index (κ3) is 4.11. The van der Waals surface area contributed by atoms with Gasteiger partial charge in [0.15, 0.2) is 5.78 Å². The number of ether oxygens (including phenoxy) is 3. The van der Waals surface area contributed by atoms with E-state index in [4.69, 9.17) is 14.2 Å². The summed E-state index contributed by atoms with van der Waals surface area (Å²) in [6.07, 6.45) is -3.09. The summed E-state index contributed by atoms with van der Waals surface area (Å²) < 4.78 is 14.7. The Morgan fingerprint density at radius 2 is 1.74 bits per heavy atom. The molecule has 1 fully saturated rings. The van der Waals surface area contributed by atoms with Crippen molar-refractivity contribution in [2.75, 3.05) is 6.61 Å². The molecule has 0 aliphatic carbocycles. The van der Waals surface area contributed by atoms with Crippen LogP contribution in [0, 0.1) is 0 Å². The van der Waals surface area contributed by atoms with E-state index in [1.165, 1.54) is 0 Å². The highest BCUT2D eigenvalue weighted by atomic mass is 16.6. The lowest BCUT2D eigenvalue weighted by atomic mass is 9.92. The van der Waals surface area contributed by atoms with E-state index in [0.717, 1.165) is 6.92 Å². The number of amides is 2. The number of nitrogens with zero attached hydrogens (tertiary/aromatic N) is 1.